The highest BCUT2D eigenvalue weighted by Gasteiger charge is 2.29. The van der Waals surface area contributed by atoms with E-state index in [1.54, 1.807) is 17.8 Å². The number of carboxylic acids is 1. The average Bonchev–Trinajstić information content (AvgIpc) is 3.27. The summed E-state index contributed by atoms with van der Waals surface area (Å²) in [5.74, 6) is 2.06. The van der Waals surface area contributed by atoms with Gasteiger partial charge in [0.25, 0.3) is 0 Å². The molecule has 7 heteroatoms. The molecule has 0 aliphatic carbocycles. The quantitative estimate of drug-likeness (QED) is 0.428. The second kappa shape index (κ2) is 11.8. The highest BCUT2D eigenvalue weighted by Crippen LogP contribution is 2.20. The number of allylic oxidation sites excluding steroid dienone is 5. The van der Waals surface area contributed by atoms with E-state index in [0.717, 1.165) is 22.9 Å². The Hall–Kier alpha value is -2.09. The van der Waals surface area contributed by atoms with Crippen molar-refractivity contribution in [2.45, 2.75) is 45.9 Å². The molecule has 158 valence electrons. The Morgan fingerprint density at radius 2 is 2.31 bits per heavy atom. The minimum atomic E-state index is -0.758. The van der Waals surface area contributed by atoms with Gasteiger partial charge in [0.15, 0.2) is 5.89 Å². The SMILES string of the molecule is C=C/C=C(C)\C=C/Cc1nc(COC(C)/C=C/CN2CSCC2C(=O)O)c(C)o1. The van der Waals surface area contributed by atoms with Crippen LogP contribution < -0.4 is 0 Å². The van der Waals surface area contributed by atoms with Crippen molar-refractivity contribution in [1.29, 1.82) is 0 Å². The summed E-state index contributed by atoms with van der Waals surface area (Å²) in [6, 6.07) is -0.401. The smallest absolute Gasteiger partial charge is 0.321 e. The molecule has 2 rings (SSSR count). The topological polar surface area (TPSA) is 75.8 Å². The molecule has 1 saturated heterocycles. The van der Waals surface area contributed by atoms with Gasteiger partial charge in [0.05, 0.1) is 12.7 Å². The Kier molecular flexibility index (Phi) is 9.44. The first-order valence-corrected chi connectivity index (χ1v) is 10.8. The first kappa shape index (κ1) is 23.2. The molecule has 2 atom stereocenters. The van der Waals surface area contributed by atoms with Crippen LogP contribution >= 0.6 is 11.8 Å². The molecule has 1 aromatic rings. The van der Waals surface area contributed by atoms with E-state index in [4.69, 9.17) is 9.15 Å². The number of hydrogen-bond acceptors (Lipinski definition) is 6. The van der Waals surface area contributed by atoms with E-state index in [2.05, 4.69) is 11.6 Å². The Morgan fingerprint density at radius 3 is 3.03 bits per heavy atom. The zero-order valence-electron chi connectivity index (χ0n) is 17.3. The molecular formula is C22H30N2O4S. The lowest BCUT2D eigenvalue weighted by Crippen LogP contribution is -2.37. The van der Waals surface area contributed by atoms with Crippen LogP contribution in [0.3, 0.4) is 0 Å². The number of rotatable bonds is 11. The zero-order chi connectivity index (χ0) is 21.2. The van der Waals surface area contributed by atoms with E-state index in [1.807, 2.05) is 56.1 Å². The number of carbonyl (C=O) groups is 1. The molecule has 1 aliphatic rings. The van der Waals surface area contributed by atoms with Crippen molar-refractivity contribution in [2.24, 2.45) is 0 Å². The van der Waals surface area contributed by atoms with E-state index in [1.165, 1.54) is 0 Å². The molecule has 0 radical (unpaired) electrons. The normalized spacial score (nSPS) is 19.4. The molecule has 1 fully saturated rings. The molecule has 0 spiro atoms. The summed E-state index contributed by atoms with van der Waals surface area (Å²) in [7, 11) is 0. The maximum Gasteiger partial charge on any atom is 0.321 e. The standard InChI is InChI=1S/C22H30N2O4S/c1-5-8-16(2)9-6-11-21-23-19(18(4)28-21)13-27-17(3)10-7-12-24-15-29-14-20(24)22(25)26/h5-10,17,20H,1,11-15H2,2-4H3,(H,25,26)/b9-6-,10-7+,16-8-. The number of aromatic nitrogens is 1. The van der Waals surface area contributed by atoms with Gasteiger partial charge in [-0.05, 0) is 20.8 Å². The van der Waals surface area contributed by atoms with Gasteiger partial charge >= 0.3 is 5.97 Å². The Balaban J connectivity index is 1.79. The van der Waals surface area contributed by atoms with Crippen LogP contribution in [0.1, 0.15) is 31.2 Å². The third-order valence-corrected chi connectivity index (χ3v) is 5.55. The molecular weight excluding hydrogens is 388 g/mol. The van der Waals surface area contributed by atoms with E-state index in [9.17, 15) is 9.90 Å². The number of oxazole rings is 1. The summed E-state index contributed by atoms with van der Waals surface area (Å²) in [4.78, 5) is 17.7. The first-order valence-electron chi connectivity index (χ1n) is 9.64. The molecule has 0 amide bonds. The van der Waals surface area contributed by atoms with Crippen LogP contribution in [-0.2, 0) is 22.6 Å². The number of aryl methyl sites for hydroxylation is 1. The summed E-state index contributed by atoms with van der Waals surface area (Å²) in [5.41, 5.74) is 1.92. The van der Waals surface area contributed by atoms with Gasteiger partial charge in [-0.25, -0.2) is 4.98 Å². The maximum absolute atomic E-state index is 11.2. The Labute approximate surface area is 177 Å². The molecule has 6 nitrogen and oxygen atoms in total. The first-order chi connectivity index (χ1) is 13.9. The number of ether oxygens (including phenoxy) is 1. The van der Waals surface area contributed by atoms with Crippen molar-refractivity contribution in [3.05, 3.63) is 66.0 Å². The van der Waals surface area contributed by atoms with Crippen LogP contribution in [0.15, 0.2) is 53.0 Å². The van der Waals surface area contributed by atoms with Crippen LogP contribution in [0.25, 0.3) is 0 Å². The maximum atomic E-state index is 11.2. The highest BCUT2D eigenvalue weighted by atomic mass is 32.2. The van der Waals surface area contributed by atoms with Gasteiger partial charge in [-0.3, -0.25) is 9.69 Å². The Morgan fingerprint density at radius 1 is 1.52 bits per heavy atom. The molecule has 1 aliphatic heterocycles. The molecule has 0 aromatic carbocycles. The van der Waals surface area contributed by atoms with E-state index in [0.29, 0.717) is 31.2 Å². The summed E-state index contributed by atoms with van der Waals surface area (Å²) in [5, 5.41) is 9.21. The fourth-order valence-corrected chi connectivity index (χ4v) is 4.04. The third kappa shape index (κ3) is 7.68. The van der Waals surface area contributed by atoms with Gasteiger partial charge in [-0.15, -0.1) is 11.8 Å². The fraction of sp³-hybridized carbons (Fsp3) is 0.455. The van der Waals surface area contributed by atoms with Gasteiger partial charge in [-0.1, -0.05) is 48.6 Å². The van der Waals surface area contributed by atoms with E-state index < -0.39 is 12.0 Å². The number of aliphatic carboxylic acids is 1. The van der Waals surface area contributed by atoms with Crippen LogP contribution in [0.5, 0.6) is 0 Å². The van der Waals surface area contributed by atoms with Crippen molar-refractivity contribution in [3.8, 4) is 0 Å². The van der Waals surface area contributed by atoms with E-state index in [-0.39, 0.29) is 6.10 Å². The molecule has 0 saturated carbocycles. The lowest BCUT2D eigenvalue weighted by molar-refractivity contribution is -0.141. The summed E-state index contributed by atoms with van der Waals surface area (Å²) in [6.07, 6.45) is 12.2. The molecule has 0 bridgehead atoms. The van der Waals surface area contributed by atoms with E-state index >= 15 is 0 Å². The minimum absolute atomic E-state index is 0.0975. The predicted octanol–water partition coefficient (Wildman–Crippen LogP) is 4.13. The third-order valence-electron chi connectivity index (χ3n) is 4.48. The second-order valence-electron chi connectivity index (χ2n) is 6.93. The van der Waals surface area contributed by atoms with Crippen molar-refractivity contribution in [1.82, 2.24) is 9.88 Å². The number of hydrogen-bond donors (Lipinski definition) is 1. The van der Waals surface area contributed by atoms with Gasteiger partial charge < -0.3 is 14.3 Å². The van der Waals surface area contributed by atoms with Gasteiger partial charge in [0, 0.05) is 24.6 Å². The molecule has 1 N–H and O–H groups in total. The van der Waals surface area contributed by atoms with Crippen LogP contribution in [0.2, 0.25) is 0 Å². The molecule has 2 heterocycles. The predicted molar refractivity (Wildman–Crippen MR) is 117 cm³/mol. The van der Waals surface area contributed by atoms with Crippen LogP contribution in [0, 0.1) is 6.92 Å². The largest absolute Gasteiger partial charge is 0.480 e. The van der Waals surface area contributed by atoms with Crippen LogP contribution in [-0.4, -0.2) is 51.3 Å². The number of carboxylic acid groups (broad SMARTS) is 1. The number of nitrogens with zero attached hydrogens (tertiary/aromatic N) is 2. The van der Waals surface area contributed by atoms with Crippen molar-refractivity contribution >= 4 is 17.7 Å². The molecule has 2 unspecified atom stereocenters. The minimum Gasteiger partial charge on any atom is -0.480 e. The molecule has 1 aromatic heterocycles. The summed E-state index contributed by atoms with van der Waals surface area (Å²) < 4.78 is 11.6. The monoisotopic (exact) mass is 418 g/mol. The second-order valence-corrected chi connectivity index (χ2v) is 7.93. The number of thioether (sulfide) groups is 1. The average molecular weight is 419 g/mol. The fourth-order valence-electron chi connectivity index (χ4n) is 2.83. The van der Waals surface area contributed by atoms with Gasteiger partial charge in [0.1, 0.15) is 17.5 Å². The van der Waals surface area contributed by atoms with Gasteiger partial charge in [-0.2, -0.15) is 0 Å². The Bertz CT molecular complexity index is 782. The lowest BCUT2D eigenvalue weighted by atomic mass is 10.2. The highest BCUT2D eigenvalue weighted by molar-refractivity contribution is 7.99. The van der Waals surface area contributed by atoms with Crippen molar-refractivity contribution in [3.63, 3.8) is 0 Å². The lowest BCUT2D eigenvalue weighted by Gasteiger charge is -2.18. The van der Waals surface area contributed by atoms with Crippen molar-refractivity contribution < 1.29 is 19.1 Å². The zero-order valence-corrected chi connectivity index (χ0v) is 18.2. The summed E-state index contributed by atoms with van der Waals surface area (Å²) in [6.45, 7) is 10.5. The van der Waals surface area contributed by atoms with Gasteiger partial charge in [0.2, 0.25) is 0 Å². The molecule has 29 heavy (non-hydrogen) atoms. The van der Waals surface area contributed by atoms with Crippen molar-refractivity contribution in [2.75, 3.05) is 18.2 Å². The van der Waals surface area contributed by atoms with Crippen LogP contribution in [0.4, 0.5) is 0 Å². The summed E-state index contributed by atoms with van der Waals surface area (Å²) >= 11 is 1.65.